The van der Waals surface area contributed by atoms with Crippen molar-refractivity contribution in [1.29, 1.82) is 0 Å². The van der Waals surface area contributed by atoms with Crippen LogP contribution < -0.4 is 10.5 Å². The number of hydrogen-bond donors (Lipinski definition) is 2. The Balaban J connectivity index is 1.67. The molecule has 1 heterocycles. The third kappa shape index (κ3) is 4.45. The molecule has 0 aromatic heterocycles. The maximum absolute atomic E-state index is 13.8. The normalized spacial score (nSPS) is 18.3. The lowest BCUT2D eigenvalue weighted by atomic mass is 10.2. The third-order valence-electron chi connectivity index (χ3n) is 4.29. The van der Waals surface area contributed by atoms with Crippen LogP contribution in [0, 0.1) is 5.82 Å². The highest BCUT2D eigenvalue weighted by Crippen LogP contribution is 2.30. The van der Waals surface area contributed by atoms with Crippen LogP contribution in [0.25, 0.3) is 0 Å². The molecular weight excluding hydrogens is 489 g/mol. The molecular formula is C17H18Br2FN3O2S. The highest BCUT2D eigenvalue weighted by Gasteiger charge is 2.29. The van der Waals surface area contributed by atoms with Crippen LogP contribution >= 0.6 is 31.9 Å². The molecule has 2 aromatic carbocycles. The van der Waals surface area contributed by atoms with Gasteiger partial charge in [0.1, 0.15) is 10.7 Å². The van der Waals surface area contributed by atoms with Gasteiger partial charge in [0, 0.05) is 34.6 Å². The van der Waals surface area contributed by atoms with E-state index >= 15 is 0 Å². The fourth-order valence-electron chi connectivity index (χ4n) is 3.03. The van der Waals surface area contributed by atoms with Crippen molar-refractivity contribution in [3.05, 3.63) is 56.7 Å². The Hall–Kier alpha value is -1.00. The second kappa shape index (κ2) is 7.93. The topological polar surface area (TPSA) is 75.4 Å². The average molecular weight is 507 g/mol. The summed E-state index contributed by atoms with van der Waals surface area (Å²) in [6.45, 7) is 1.88. The van der Waals surface area contributed by atoms with Gasteiger partial charge in [-0.15, -0.1) is 0 Å². The summed E-state index contributed by atoms with van der Waals surface area (Å²) >= 11 is 6.88. The van der Waals surface area contributed by atoms with Crippen LogP contribution in [0.2, 0.25) is 0 Å². The van der Waals surface area contributed by atoms with Crippen molar-refractivity contribution >= 4 is 47.6 Å². The highest BCUT2D eigenvalue weighted by atomic mass is 79.9. The zero-order valence-corrected chi connectivity index (χ0v) is 17.7. The van der Waals surface area contributed by atoms with E-state index in [0.29, 0.717) is 25.2 Å². The van der Waals surface area contributed by atoms with Gasteiger partial charge >= 0.3 is 0 Å². The summed E-state index contributed by atoms with van der Waals surface area (Å²) < 4.78 is 43.0. The zero-order chi connectivity index (χ0) is 18.9. The predicted molar refractivity (Wildman–Crippen MR) is 107 cm³/mol. The Labute approximate surface area is 169 Å². The first-order chi connectivity index (χ1) is 12.3. The van der Waals surface area contributed by atoms with Crippen LogP contribution in [-0.2, 0) is 16.6 Å². The lowest BCUT2D eigenvalue weighted by molar-refractivity contribution is 0.325. The number of hydrogen-bond acceptors (Lipinski definition) is 4. The number of nitrogens with two attached hydrogens (primary N) is 1. The highest BCUT2D eigenvalue weighted by molar-refractivity contribution is 9.11. The fraction of sp³-hybridized carbons (Fsp3) is 0.294. The Morgan fingerprint density at radius 3 is 2.73 bits per heavy atom. The standard InChI is InChI=1S/C17H18Br2FN3O2S/c18-12-7-11(17(21)14(19)8-12)9-23-6-5-13(10-23)22-26(24,25)16-4-2-1-3-15(16)20/h1-4,7-8,13,22H,5-6,9-10,21H2/t13-/m1/s1. The summed E-state index contributed by atoms with van der Waals surface area (Å²) in [5.74, 6) is -0.749. The van der Waals surface area contributed by atoms with Crippen LogP contribution in [0.1, 0.15) is 12.0 Å². The lowest BCUT2D eigenvalue weighted by Crippen LogP contribution is -2.37. The summed E-state index contributed by atoms with van der Waals surface area (Å²) in [5.41, 5.74) is 7.74. The molecule has 0 spiro atoms. The molecule has 0 amide bonds. The number of nitrogen functional groups attached to an aromatic ring is 1. The predicted octanol–water partition coefficient (Wildman–Crippen LogP) is 3.49. The molecule has 26 heavy (non-hydrogen) atoms. The number of nitrogens with one attached hydrogen (secondary N) is 1. The SMILES string of the molecule is Nc1c(Br)cc(Br)cc1CN1CC[C@@H](NS(=O)(=O)c2ccccc2F)C1. The van der Waals surface area contributed by atoms with Gasteiger partial charge in [-0.05, 0) is 52.2 Å². The quantitative estimate of drug-likeness (QED) is 0.609. The zero-order valence-electron chi connectivity index (χ0n) is 13.8. The Kier molecular flexibility index (Phi) is 6.03. The average Bonchev–Trinajstić information content (AvgIpc) is 2.98. The van der Waals surface area contributed by atoms with E-state index in [0.717, 1.165) is 27.1 Å². The first kappa shape index (κ1) is 19.8. The molecule has 2 aromatic rings. The van der Waals surface area contributed by atoms with Gasteiger partial charge in [0.05, 0.1) is 5.69 Å². The van der Waals surface area contributed by atoms with E-state index in [4.69, 9.17) is 5.73 Å². The smallest absolute Gasteiger partial charge is 0.243 e. The van der Waals surface area contributed by atoms with Gasteiger partial charge in [0.15, 0.2) is 0 Å². The van der Waals surface area contributed by atoms with Crippen LogP contribution in [0.5, 0.6) is 0 Å². The van der Waals surface area contributed by atoms with Crippen molar-refractivity contribution in [2.75, 3.05) is 18.8 Å². The van der Waals surface area contributed by atoms with Gasteiger partial charge < -0.3 is 5.73 Å². The molecule has 140 valence electrons. The van der Waals surface area contributed by atoms with E-state index in [1.165, 1.54) is 18.2 Å². The number of nitrogens with zero attached hydrogens (tertiary/aromatic N) is 1. The van der Waals surface area contributed by atoms with Gasteiger partial charge in [-0.2, -0.15) is 0 Å². The van der Waals surface area contributed by atoms with Gasteiger partial charge in [0.2, 0.25) is 10.0 Å². The number of sulfonamides is 1. The van der Waals surface area contributed by atoms with Crippen molar-refractivity contribution in [2.45, 2.75) is 23.9 Å². The molecule has 1 saturated heterocycles. The second-order valence-electron chi connectivity index (χ2n) is 6.23. The minimum atomic E-state index is -3.88. The minimum absolute atomic E-state index is 0.267. The van der Waals surface area contributed by atoms with Gasteiger partial charge in [0.25, 0.3) is 0 Å². The van der Waals surface area contributed by atoms with Gasteiger partial charge in [-0.3, -0.25) is 4.90 Å². The monoisotopic (exact) mass is 505 g/mol. The molecule has 0 radical (unpaired) electrons. The van der Waals surface area contributed by atoms with E-state index in [1.54, 1.807) is 0 Å². The second-order valence-corrected chi connectivity index (χ2v) is 9.69. The summed E-state index contributed by atoms with van der Waals surface area (Å²) in [7, 11) is -3.88. The first-order valence-corrected chi connectivity index (χ1v) is 11.1. The van der Waals surface area contributed by atoms with E-state index in [-0.39, 0.29) is 10.9 Å². The molecule has 1 aliphatic heterocycles. The molecule has 9 heteroatoms. The van der Waals surface area contributed by atoms with Crippen LogP contribution in [0.3, 0.4) is 0 Å². The molecule has 3 N–H and O–H groups in total. The Morgan fingerprint density at radius 2 is 2.00 bits per heavy atom. The lowest BCUT2D eigenvalue weighted by Gasteiger charge is -2.19. The molecule has 1 atom stereocenters. The summed E-state index contributed by atoms with van der Waals surface area (Å²) in [4.78, 5) is 1.80. The number of benzene rings is 2. The van der Waals surface area contributed by atoms with Crippen molar-refractivity contribution in [2.24, 2.45) is 0 Å². The van der Waals surface area contributed by atoms with Crippen LogP contribution in [0.4, 0.5) is 10.1 Å². The van der Waals surface area contributed by atoms with Crippen LogP contribution in [-0.4, -0.2) is 32.4 Å². The van der Waals surface area contributed by atoms with Crippen molar-refractivity contribution in [3.8, 4) is 0 Å². The van der Waals surface area contributed by atoms with Crippen molar-refractivity contribution in [1.82, 2.24) is 9.62 Å². The van der Waals surface area contributed by atoms with Gasteiger partial charge in [-0.1, -0.05) is 28.1 Å². The van der Waals surface area contributed by atoms with Crippen molar-refractivity contribution in [3.63, 3.8) is 0 Å². The molecule has 1 aliphatic rings. The Bertz CT molecular complexity index is 924. The maximum Gasteiger partial charge on any atom is 0.243 e. The van der Waals surface area contributed by atoms with Crippen LogP contribution in [0.15, 0.2) is 50.2 Å². The molecule has 3 rings (SSSR count). The van der Waals surface area contributed by atoms with E-state index < -0.39 is 15.8 Å². The van der Waals surface area contributed by atoms with Gasteiger partial charge in [-0.25, -0.2) is 17.5 Å². The van der Waals surface area contributed by atoms with E-state index in [9.17, 15) is 12.8 Å². The fourth-order valence-corrected chi connectivity index (χ4v) is 5.68. The molecule has 5 nitrogen and oxygen atoms in total. The largest absolute Gasteiger partial charge is 0.398 e. The van der Waals surface area contributed by atoms with E-state index in [1.807, 2.05) is 12.1 Å². The summed E-state index contributed by atoms with van der Waals surface area (Å²) in [5, 5.41) is 0. The Morgan fingerprint density at radius 1 is 1.27 bits per heavy atom. The van der Waals surface area contributed by atoms with Crippen molar-refractivity contribution < 1.29 is 12.8 Å². The number of halogens is 3. The molecule has 0 unspecified atom stereocenters. The summed E-state index contributed by atoms with van der Waals surface area (Å²) in [6, 6.07) is 8.95. The molecule has 0 saturated carbocycles. The molecule has 0 bridgehead atoms. The number of rotatable bonds is 5. The third-order valence-corrected chi connectivity index (χ3v) is 6.96. The minimum Gasteiger partial charge on any atom is -0.398 e. The first-order valence-electron chi connectivity index (χ1n) is 7.99. The van der Waals surface area contributed by atoms with E-state index in [2.05, 4.69) is 41.5 Å². The maximum atomic E-state index is 13.8. The molecule has 0 aliphatic carbocycles. The summed E-state index contributed by atoms with van der Waals surface area (Å²) in [6.07, 6.45) is 0.656. The molecule has 1 fully saturated rings. The number of likely N-dealkylation sites (tertiary alicyclic amines) is 1. The number of anilines is 1.